The first-order chi connectivity index (χ1) is 16.9. The summed E-state index contributed by atoms with van der Waals surface area (Å²) in [6.45, 7) is 0. The molecule has 0 amide bonds. The Labute approximate surface area is 196 Å². The minimum absolute atomic E-state index is 0.898. The van der Waals surface area contributed by atoms with Crippen LogP contribution in [-0.4, -0.2) is 19.1 Å². The molecule has 0 bridgehead atoms. The summed E-state index contributed by atoms with van der Waals surface area (Å²) in [5.74, 6) is 0.898. The molecule has 0 unspecified atom stereocenters. The Morgan fingerprint density at radius 3 is 2.29 bits per heavy atom. The van der Waals surface area contributed by atoms with Crippen molar-refractivity contribution >= 4 is 32.7 Å². The van der Waals surface area contributed by atoms with Crippen molar-refractivity contribution < 1.29 is 0 Å². The van der Waals surface area contributed by atoms with Gasteiger partial charge in [0.15, 0.2) is 0 Å². The monoisotopic (exact) mass is 436 g/mol. The van der Waals surface area contributed by atoms with Crippen LogP contribution in [0, 0.1) is 0 Å². The van der Waals surface area contributed by atoms with Gasteiger partial charge in [0.25, 0.3) is 0 Å². The van der Waals surface area contributed by atoms with Crippen LogP contribution in [0.4, 0.5) is 0 Å². The summed E-state index contributed by atoms with van der Waals surface area (Å²) in [7, 11) is 0. The van der Waals surface area contributed by atoms with Crippen molar-refractivity contribution in [1.29, 1.82) is 0 Å². The molecule has 160 valence electrons. The third-order valence-corrected chi connectivity index (χ3v) is 6.51. The van der Waals surface area contributed by atoms with E-state index in [2.05, 4.69) is 99.2 Å². The molecule has 0 saturated carbocycles. The lowest BCUT2D eigenvalue weighted by Crippen LogP contribution is -1.97. The molecule has 4 nitrogen and oxygen atoms in total. The van der Waals surface area contributed by atoms with E-state index in [0.29, 0.717) is 0 Å². The summed E-state index contributed by atoms with van der Waals surface area (Å²) in [5.41, 5.74) is 6.82. The number of para-hydroxylation sites is 2. The van der Waals surface area contributed by atoms with Crippen molar-refractivity contribution in [2.75, 3.05) is 0 Å². The van der Waals surface area contributed by atoms with Gasteiger partial charge in [-0.2, -0.15) is 0 Å². The van der Waals surface area contributed by atoms with E-state index in [4.69, 9.17) is 4.98 Å². The number of benzene rings is 3. The molecule has 3 aromatic carbocycles. The SMILES string of the molecule is c1ccc(-n2ccc3c4c5ccccc5n(-c5cc(-c6cccnc6)ccn5)c4ccc32)cc1. The number of pyridine rings is 2. The smallest absolute Gasteiger partial charge is 0.138 e. The first kappa shape index (κ1) is 18.8. The summed E-state index contributed by atoms with van der Waals surface area (Å²) in [6.07, 6.45) is 7.72. The number of nitrogens with zero attached hydrogens (tertiary/aromatic N) is 4. The maximum atomic E-state index is 4.78. The Balaban J connectivity index is 1.52. The molecule has 7 aromatic rings. The lowest BCUT2D eigenvalue weighted by Gasteiger charge is -2.09. The average Bonchev–Trinajstić information content (AvgIpc) is 3.49. The molecule has 4 heteroatoms. The number of fused-ring (bicyclic) bond motifs is 5. The van der Waals surface area contributed by atoms with Gasteiger partial charge in [-0.1, -0.05) is 42.5 Å². The Hall–Kier alpha value is -4.70. The second-order valence-corrected chi connectivity index (χ2v) is 8.41. The maximum Gasteiger partial charge on any atom is 0.138 e. The second-order valence-electron chi connectivity index (χ2n) is 8.41. The molecule has 0 aliphatic heterocycles. The average molecular weight is 437 g/mol. The highest BCUT2D eigenvalue weighted by molar-refractivity contribution is 6.21. The fraction of sp³-hybridized carbons (Fsp3) is 0. The van der Waals surface area contributed by atoms with Crippen LogP contribution in [0.5, 0.6) is 0 Å². The van der Waals surface area contributed by atoms with Crippen molar-refractivity contribution in [3.05, 3.63) is 122 Å². The Bertz CT molecular complexity index is 1790. The van der Waals surface area contributed by atoms with Gasteiger partial charge >= 0.3 is 0 Å². The van der Waals surface area contributed by atoms with E-state index in [0.717, 1.165) is 33.7 Å². The van der Waals surface area contributed by atoms with Gasteiger partial charge in [0.2, 0.25) is 0 Å². The Morgan fingerprint density at radius 1 is 0.588 bits per heavy atom. The molecule has 0 aliphatic rings. The van der Waals surface area contributed by atoms with Crippen molar-refractivity contribution in [3.8, 4) is 22.6 Å². The molecule has 34 heavy (non-hydrogen) atoms. The van der Waals surface area contributed by atoms with E-state index < -0.39 is 0 Å². The van der Waals surface area contributed by atoms with Crippen molar-refractivity contribution in [2.24, 2.45) is 0 Å². The summed E-state index contributed by atoms with van der Waals surface area (Å²) in [5, 5.41) is 3.71. The number of hydrogen-bond donors (Lipinski definition) is 0. The molecule has 0 N–H and O–H groups in total. The fourth-order valence-corrected chi connectivity index (χ4v) is 5.00. The predicted molar refractivity (Wildman–Crippen MR) is 139 cm³/mol. The van der Waals surface area contributed by atoms with Crippen LogP contribution < -0.4 is 0 Å². The minimum atomic E-state index is 0.898. The number of aromatic nitrogens is 4. The Morgan fingerprint density at radius 2 is 1.41 bits per heavy atom. The third kappa shape index (κ3) is 2.79. The van der Waals surface area contributed by atoms with Gasteiger partial charge in [-0.3, -0.25) is 9.55 Å². The van der Waals surface area contributed by atoms with Crippen LogP contribution in [-0.2, 0) is 0 Å². The second kappa shape index (κ2) is 7.42. The lowest BCUT2D eigenvalue weighted by molar-refractivity contribution is 1.08. The third-order valence-electron chi connectivity index (χ3n) is 6.51. The van der Waals surface area contributed by atoms with Gasteiger partial charge in [0.1, 0.15) is 5.82 Å². The van der Waals surface area contributed by atoms with Crippen LogP contribution in [0.15, 0.2) is 122 Å². The topological polar surface area (TPSA) is 35.6 Å². The zero-order valence-corrected chi connectivity index (χ0v) is 18.3. The quantitative estimate of drug-likeness (QED) is 0.294. The van der Waals surface area contributed by atoms with E-state index >= 15 is 0 Å². The van der Waals surface area contributed by atoms with Crippen LogP contribution in [0.3, 0.4) is 0 Å². The van der Waals surface area contributed by atoms with E-state index in [-0.39, 0.29) is 0 Å². The fourth-order valence-electron chi connectivity index (χ4n) is 5.00. The summed E-state index contributed by atoms with van der Waals surface area (Å²) in [6, 6.07) is 33.9. The first-order valence-electron chi connectivity index (χ1n) is 11.3. The summed E-state index contributed by atoms with van der Waals surface area (Å²) in [4.78, 5) is 9.06. The van der Waals surface area contributed by atoms with Crippen molar-refractivity contribution in [1.82, 2.24) is 19.1 Å². The van der Waals surface area contributed by atoms with Crippen LogP contribution in [0.2, 0.25) is 0 Å². The van der Waals surface area contributed by atoms with Gasteiger partial charge in [0, 0.05) is 52.2 Å². The van der Waals surface area contributed by atoms with Gasteiger partial charge in [-0.05, 0) is 60.2 Å². The normalized spacial score (nSPS) is 11.5. The molecule has 0 aliphatic carbocycles. The van der Waals surface area contributed by atoms with Gasteiger partial charge in [-0.15, -0.1) is 0 Å². The Kier molecular flexibility index (Phi) is 4.11. The van der Waals surface area contributed by atoms with Crippen LogP contribution in [0.1, 0.15) is 0 Å². The molecule has 0 fully saturated rings. The molecule has 7 rings (SSSR count). The largest absolute Gasteiger partial charge is 0.317 e. The van der Waals surface area contributed by atoms with Gasteiger partial charge < -0.3 is 4.57 Å². The lowest BCUT2D eigenvalue weighted by atomic mass is 10.1. The molecule has 0 radical (unpaired) electrons. The van der Waals surface area contributed by atoms with Crippen LogP contribution >= 0.6 is 0 Å². The summed E-state index contributed by atoms with van der Waals surface area (Å²) >= 11 is 0. The van der Waals surface area contributed by atoms with Crippen molar-refractivity contribution in [3.63, 3.8) is 0 Å². The molecular weight excluding hydrogens is 416 g/mol. The molecule has 0 atom stereocenters. The van der Waals surface area contributed by atoms with E-state index in [1.807, 2.05) is 30.6 Å². The molecular formula is C30H20N4. The van der Waals surface area contributed by atoms with E-state index in [1.54, 1.807) is 6.20 Å². The predicted octanol–water partition coefficient (Wildman–Crippen LogP) is 7.18. The summed E-state index contributed by atoms with van der Waals surface area (Å²) < 4.78 is 4.52. The molecule has 0 saturated heterocycles. The highest BCUT2D eigenvalue weighted by atomic mass is 15.1. The maximum absolute atomic E-state index is 4.78. The minimum Gasteiger partial charge on any atom is -0.317 e. The standard InChI is InChI=1S/C30H20N4/c1-2-8-23(9-3-1)33-18-15-25-26(33)12-13-28-30(25)24-10-4-5-11-27(24)34(28)29-19-21(14-17-32-29)22-7-6-16-31-20-22/h1-20H. The van der Waals surface area contributed by atoms with Gasteiger partial charge in [0.05, 0.1) is 16.6 Å². The number of rotatable bonds is 3. The van der Waals surface area contributed by atoms with Crippen LogP contribution in [0.25, 0.3) is 55.3 Å². The van der Waals surface area contributed by atoms with Gasteiger partial charge in [-0.25, -0.2) is 4.98 Å². The first-order valence-corrected chi connectivity index (χ1v) is 11.3. The number of hydrogen-bond acceptors (Lipinski definition) is 2. The van der Waals surface area contributed by atoms with Crippen molar-refractivity contribution in [2.45, 2.75) is 0 Å². The molecule has 4 heterocycles. The zero-order valence-electron chi connectivity index (χ0n) is 18.3. The highest BCUT2D eigenvalue weighted by Crippen LogP contribution is 2.37. The molecule has 0 spiro atoms. The highest BCUT2D eigenvalue weighted by Gasteiger charge is 2.17. The van der Waals surface area contributed by atoms with E-state index in [9.17, 15) is 0 Å². The van der Waals surface area contributed by atoms with E-state index in [1.165, 1.54) is 21.7 Å². The zero-order chi connectivity index (χ0) is 22.5. The molecule has 4 aromatic heterocycles.